The number of para-hydroxylation sites is 2. The number of anilines is 1. The van der Waals surface area contributed by atoms with E-state index in [1.807, 2.05) is 24.3 Å². The summed E-state index contributed by atoms with van der Waals surface area (Å²) in [6.07, 6.45) is 1.75. The summed E-state index contributed by atoms with van der Waals surface area (Å²) < 4.78 is 0. The summed E-state index contributed by atoms with van der Waals surface area (Å²) in [5, 5.41) is 0. The van der Waals surface area contributed by atoms with E-state index in [2.05, 4.69) is 14.9 Å². The third-order valence-corrected chi connectivity index (χ3v) is 5.56. The minimum atomic E-state index is -0.408. The molecule has 8 nitrogen and oxygen atoms in total. The fourth-order valence-electron chi connectivity index (χ4n) is 3.90. The van der Waals surface area contributed by atoms with Crippen molar-refractivity contribution in [3.05, 3.63) is 65.9 Å². The van der Waals surface area contributed by atoms with E-state index in [0.717, 1.165) is 21.8 Å². The average Bonchev–Trinajstić information content (AvgIpc) is 3.04. The maximum atomic E-state index is 12.7. The molecule has 0 N–H and O–H groups in total. The van der Waals surface area contributed by atoms with Crippen molar-refractivity contribution in [2.24, 2.45) is 0 Å². The number of fused-ring (bicyclic) bond motifs is 2. The molecule has 8 heteroatoms. The van der Waals surface area contributed by atoms with E-state index in [1.54, 1.807) is 35.4 Å². The topological polar surface area (TPSA) is 86.7 Å². The van der Waals surface area contributed by atoms with Crippen molar-refractivity contribution in [2.45, 2.75) is 0 Å². The molecule has 0 unspecified atom stereocenters. The van der Waals surface area contributed by atoms with Crippen LogP contribution in [-0.4, -0.2) is 70.2 Å². The SMILES string of the molecule is O=C(CN1C(=O)c2ccccc2C1=O)N1CCN(c2cnc3ccccc3n2)CC1. The molecule has 3 aromatic rings. The Balaban J connectivity index is 1.23. The Kier molecular flexibility index (Phi) is 4.39. The molecule has 150 valence electrons. The van der Waals surface area contributed by atoms with Gasteiger partial charge in [-0.2, -0.15) is 0 Å². The molecule has 30 heavy (non-hydrogen) atoms. The van der Waals surface area contributed by atoms with Crippen LogP contribution in [0.25, 0.3) is 11.0 Å². The maximum Gasteiger partial charge on any atom is 0.262 e. The number of hydrogen-bond donors (Lipinski definition) is 0. The smallest absolute Gasteiger partial charge is 0.262 e. The largest absolute Gasteiger partial charge is 0.352 e. The van der Waals surface area contributed by atoms with Crippen molar-refractivity contribution in [3.63, 3.8) is 0 Å². The second-order valence-corrected chi connectivity index (χ2v) is 7.33. The molecule has 3 heterocycles. The molecule has 2 aliphatic rings. The second kappa shape index (κ2) is 7.22. The lowest BCUT2D eigenvalue weighted by Crippen LogP contribution is -2.52. The van der Waals surface area contributed by atoms with Gasteiger partial charge in [0.1, 0.15) is 12.4 Å². The Morgan fingerprint density at radius 1 is 0.833 bits per heavy atom. The number of nitrogens with zero attached hydrogens (tertiary/aromatic N) is 5. The van der Waals surface area contributed by atoms with Crippen LogP contribution in [0.5, 0.6) is 0 Å². The predicted octanol–water partition coefficient (Wildman–Crippen LogP) is 1.57. The fourth-order valence-corrected chi connectivity index (χ4v) is 3.90. The second-order valence-electron chi connectivity index (χ2n) is 7.33. The quantitative estimate of drug-likeness (QED) is 0.620. The third-order valence-electron chi connectivity index (χ3n) is 5.56. The lowest BCUT2D eigenvalue weighted by Gasteiger charge is -2.35. The zero-order chi connectivity index (χ0) is 20.7. The van der Waals surface area contributed by atoms with Gasteiger partial charge in [-0.15, -0.1) is 0 Å². The molecule has 0 aliphatic carbocycles. The zero-order valence-electron chi connectivity index (χ0n) is 16.2. The molecule has 0 spiro atoms. The summed E-state index contributed by atoms with van der Waals surface area (Å²) in [4.78, 5) is 51.6. The van der Waals surface area contributed by atoms with Gasteiger partial charge in [-0.25, -0.2) is 4.98 Å². The lowest BCUT2D eigenvalue weighted by molar-refractivity contribution is -0.131. The first kappa shape index (κ1) is 18.2. The number of hydrogen-bond acceptors (Lipinski definition) is 6. The van der Waals surface area contributed by atoms with E-state index in [4.69, 9.17) is 0 Å². The van der Waals surface area contributed by atoms with Crippen LogP contribution in [-0.2, 0) is 4.79 Å². The molecular weight excluding hydrogens is 382 g/mol. The molecule has 0 bridgehead atoms. The van der Waals surface area contributed by atoms with Crippen molar-refractivity contribution < 1.29 is 14.4 Å². The van der Waals surface area contributed by atoms with Crippen molar-refractivity contribution in [1.82, 2.24) is 19.8 Å². The standard InChI is InChI=1S/C22H19N5O3/c28-20(14-27-21(29)15-5-1-2-6-16(15)22(27)30)26-11-9-25(10-12-26)19-13-23-17-7-3-4-8-18(17)24-19/h1-8,13H,9-12,14H2. The van der Waals surface area contributed by atoms with E-state index in [9.17, 15) is 14.4 Å². The van der Waals surface area contributed by atoms with Crippen LogP contribution in [0.2, 0.25) is 0 Å². The van der Waals surface area contributed by atoms with Crippen LogP contribution >= 0.6 is 0 Å². The van der Waals surface area contributed by atoms with Gasteiger partial charge >= 0.3 is 0 Å². The van der Waals surface area contributed by atoms with E-state index in [-0.39, 0.29) is 12.5 Å². The van der Waals surface area contributed by atoms with Gasteiger partial charge in [-0.05, 0) is 24.3 Å². The van der Waals surface area contributed by atoms with E-state index < -0.39 is 11.8 Å². The van der Waals surface area contributed by atoms with Gasteiger partial charge in [0, 0.05) is 26.2 Å². The van der Waals surface area contributed by atoms with Crippen LogP contribution in [0.1, 0.15) is 20.7 Å². The Bertz CT molecular complexity index is 1140. The van der Waals surface area contributed by atoms with Crippen molar-refractivity contribution in [3.8, 4) is 0 Å². The first-order valence-electron chi connectivity index (χ1n) is 9.81. The van der Waals surface area contributed by atoms with Gasteiger partial charge in [0.05, 0.1) is 28.4 Å². The monoisotopic (exact) mass is 401 g/mol. The Morgan fingerprint density at radius 2 is 1.43 bits per heavy atom. The summed E-state index contributed by atoms with van der Waals surface area (Å²) in [5.41, 5.74) is 2.39. The van der Waals surface area contributed by atoms with Crippen LogP contribution in [0, 0.1) is 0 Å². The molecule has 0 saturated carbocycles. The van der Waals surface area contributed by atoms with Crippen LogP contribution in [0.15, 0.2) is 54.7 Å². The van der Waals surface area contributed by atoms with E-state index in [0.29, 0.717) is 37.3 Å². The summed E-state index contributed by atoms with van der Waals surface area (Å²) in [5.74, 6) is -0.266. The molecular formula is C22H19N5O3. The van der Waals surface area contributed by atoms with Gasteiger partial charge in [0.15, 0.2) is 0 Å². The van der Waals surface area contributed by atoms with Crippen molar-refractivity contribution >= 4 is 34.6 Å². The predicted molar refractivity (Wildman–Crippen MR) is 110 cm³/mol. The molecule has 5 rings (SSSR count). The Labute approximate surface area is 172 Å². The van der Waals surface area contributed by atoms with E-state index in [1.165, 1.54) is 0 Å². The molecule has 2 aliphatic heterocycles. The number of rotatable bonds is 3. The fraction of sp³-hybridized carbons (Fsp3) is 0.227. The molecule has 0 radical (unpaired) electrons. The number of amides is 3. The first-order valence-corrected chi connectivity index (χ1v) is 9.81. The molecule has 2 aromatic carbocycles. The van der Waals surface area contributed by atoms with Gasteiger partial charge in [0.25, 0.3) is 11.8 Å². The number of aromatic nitrogens is 2. The first-order chi connectivity index (χ1) is 14.6. The number of benzene rings is 2. The summed E-state index contributed by atoms with van der Waals surface area (Å²) in [6, 6.07) is 14.4. The van der Waals surface area contributed by atoms with E-state index >= 15 is 0 Å². The molecule has 1 aromatic heterocycles. The van der Waals surface area contributed by atoms with Gasteiger partial charge in [-0.3, -0.25) is 24.3 Å². The van der Waals surface area contributed by atoms with Gasteiger partial charge in [0.2, 0.25) is 5.91 Å². The van der Waals surface area contributed by atoms with Crippen molar-refractivity contribution in [1.29, 1.82) is 0 Å². The highest BCUT2D eigenvalue weighted by molar-refractivity contribution is 6.22. The normalized spacial score (nSPS) is 16.3. The summed E-state index contributed by atoms with van der Waals surface area (Å²) >= 11 is 0. The minimum Gasteiger partial charge on any atom is -0.352 e. The number of piperazine rings is 1. The highest BCUT2D eigenvalue weighted by Crippen LogP contribution is 2.23. The lowest BCUT2D eigenvalue weighted by atomic mass is 10.1. The zero-order valence-corrected chi connectivity index (χ0v) is 16.2. The molecule has 1 fully saturated rings. The minimum absolute atomic E-state index is 0.228. The summed E-state index contributed by atoms with van der Waals surface area (Å²) in [6.45, 7) is 1.98. The van der Waals surface area contributed by atoms with Gasteiger partial charge in [-0.1, -0.05) is 24.3 Å². The maximum absolute atomic E-state index is 12.7. The molecule has 3 amide bonds. The van der Waals surface area contributed by atoms with Crippen LogP contribution in [0.4, 0.5) is 5.82 Å². The Morgan fingerprint density at radius 3 is 2.10 bits per heavy atom. The molecule has 0 atom stereocenters. The van der Waals surface area contributed by atoms with Gasteiger partial charge < -0.3 is 9.80 Å². The van der Waals surface area contributed by atoms with Crippen molar-refractivity contribution in [2.75, 3.05) is 37.6 Å². The third kappa shape index (κ3) is 3.06. The van der Waals surface area contributed by atoms with Crippen LogP contribution < -0.4 is 4.90 Å². The molecule has 1 saturated heterocycles. The Hall–Kier alpha value is -3.81. The van der Waals surface area contributed by atoms with Crippen LogP contribution in [0.3, 0.4) is 0 Å². The average molecular weight is 401 g/mol. The highest BCUT2D eigenvalue weighted by atomic mass is 16.2. The number of carbonyl (C=O) groups is 3. The highest BCUT2D eigenvalue weighted by Gasteiger charge is 2.37. The number of carbonyl (C=O) groups excluding carboxylic acids is 3. The number of imide groups is 1. The summed E-state index contributed by atoms with van der Waals surface area (Å²) in [7, 11) is 0.